The van der Waals surface area contributed by atoms with Crippen LogP contribution in [0.1, 0.15) is 30.9 Å². The second kappa shape index (κ2) is 7.84. The van der Waals surface area contributed by atoms with Crippen molar-refractivity contribution in [2.45, 2.75) is 19.8 Å². The van der Waals surface area contributed by atoms with E-state index >= 15 is 0 Å². The van der Waals surface area contributed by atoms with E-state index in [0.717, 1.165) is 16.7 Å². The molecular formula is C22H22O3. The number of hydrogen-bond donors (Lipinski definition) is 0. The lowest BCUT2D eigenvalue weighted by molar-refractivity contribution is -0.138. The minimum Gasteiger partial charge on any atom is -0.493 e. The van der Waals surface area contributed by atoms with Gasteiger partial charge in [0.25, 0.3) is 0 Å². The highest BCUT2D eigenvalue weighted by molar-refractivity contribution is 5.99. The Morgan fingerprint density at radius 1 is 0.920 bits per heavy atom. The van der Waals surface area contributed by atoms with E-state index < -0.39 is 0 Å². The Hall–Kier alpha value is -2.81. The van der Waals surface area contributed by atoms with Crippen LogP contribution in [0.5, 0.6) is 0 Å². The second-order valence-electron chi connectivity index (χ2n) is 5.74. The van der Waals surface area contributed by atoms with Gasteiger partial charge in [-0.05, 0) is 36.6 Å². The third kappa shape index (κ3) is 3.50. The number of hydrogen-bond acceptors (Lipinski definition) is 3. The van der Waals surface area contributed by atoms with Crippen molar-refractivity contribution in [3.05, 3.63) is 89.2 Å². The fraction of sp³-hybridized carbons (Fsp3) is 0.227. The summed E-state index contributed by atoms with van der Waals surface area (Å²) in [5.74, 6) is 0.0971. The van der Waals surface area contributed by atoms with E-state index in [-0.39, 0.29) is 11.9 Å². The van der Waals surface area contributed by atoms with Crippen molar-refractivity contribution >= 4 is 11.5 Å². The monoisotopic (exact) mass is 334 g/mol. The summed E-state index contributed by atoms with van der Waals surface area (Å²) < 4.78 is 11.1. The predicted octanol–water partition coefficient (Wildman–Crippen LogP) is 4.72. The molecule has 0 aromatic heterocycles. The standard InChI is InChI=1S/C22H22O3/c1-3-24-19-15-18(16-11-7-5-8-12-16)20(17-13-9-6-10-14-17)21(19)22(23)25-4-2/h5-15,20H,3-4H2,1-2H3. The lowest BCUT2D eigenvalue weighted by atomic mass is 9.85. The van der Waals surface area contributed by atoms with Crippen LogP contribution in [0.4, 0.5) is 0 Å². The number of carbonyl (C=O) groups excluding carboxylic acids is 1. The molecule has 0 bridgehead atoms. The van der Waals surface area contributed by atoms with Crippen LogP contribution < -0.4 is 0 Å². The molecule has 128 valence electrons. The first-order valence-electron chi connectivity index (χ1n) is 8.62. The number of rotatable bonds is 6. The van der Waals surface area contributed by atoms with Crippen LogP contribution >= 0.6 is 0 Å². The largest absolute Gasteiger partial charge is 0.493 e. The lowest BCUT2D eigenvalue weighted by Gasteiger charge is -2.19. The number of carbonyl (C=O) groups is 1. The maximum absolute atomic E-state index is 12.7. The third-order valence-electron chi connectivity index (χ3n) is 4.19. The van der Waals surface area contributed by atoms with E-state index in [2.05, 4.69) is 12.1 Å². The number of benzene rings is 2. The summed E-state index contributed by atoms with van der Waals surface area (Å²) in [5, 5.41) is 0. The van der Waals surface area contributed by atoms with Crippen LogP contribution in [0.3, 0.4) is 0 Å². The van der Waals surface area contributed by atoms with Crippen LogP contribution in [-0.2, 0) is 14.3 Å². The van der Waals surface area contributed by atoms with Gasteiger partial charge in [-0.15, -0.1) is 0 Å². The van der Waals surface area contributed by atoms with Gasteiger partial charge in [0.2, 0.25) is 0 Å². The highest BCUT2D eigenvalue weighted by Gasteiger charge is 2.36. The van der Waals surface area contributed by atoms with Crippen molar-refractivity contribution < 1.29 is 14.3 Å². The van der Waals surface area contributed by atoms with E-state index in [1.165, 1.54) is 0 Å². The van der Waals surface area contributed by atoms with E-state index in [9.17, 15) is 4.79 Å². The van der Waals surface area contributed by atoms with Gasteiger partial charge in [0.1, 0.15) is 5.76 Å². The maximum Gasteiger partial charge on any atom is 0.338 e. The van der Waals surface area contributed by atoms with Gasteiger partial charge < -0.3 is 9.47 Å². The number of allylic oxidation sites excluding steroid dienone is 2. The van der Waals surface area contributed by atoms with Crippen molar-refractivity contribution in [1.29, 1.82) is 0 Å². The predicted molar refractivity (Wildman–Crippen MR) is 98.9 cm³/mol. The molecule has 1 aliphatic rings. The van der Waals surface area contributed by atoms with Crippen molar-refractivity contribution in [3.8, 4) is 0 Å². The van der Waals surface area contributed by atoms with E-state index in [0.29, 0.717) is 24.5 Å². The van der Waals surface area contributed by atoms with Crippen molar-refractivity contribution in [2.75, 3.05) is 13.2 Å². The molecule has 0 spiro atoms. The van der Waals surface area contributed by atoms with Crippen molar-refractivity contribution in [3.63, 3.8) is 0 Å². The molecule has 0 aliphatic heterocycles. The molecule has 1 unspecified atom stereocenters. The summed E-state index contributed by atoms with van der Waals surface area (Å²) in [4.78, 5) is 12.7. The average Bonchev–Trinajstić information content (AvgIpc) is 3.03. The van der Waals surface area contributed by atoms with Crippen molar-refractivity contribution in [1.82, 2.24) is 0 Å². The fourth-order valence-corrected chi connectivity index (χ4v) is 3.17. The highest BCUT2D eigenvalue weighted by atomic mass is 16.5. The van der Waals surface area contributed by atoms with Crippen LogP contribution in [0.2, 0.25) is 0 Å². The second-order valence-corrected chi connectivity index (χ2v) is 5.74. The molecule has 0 radical (unpaired) electrons. The molecule has 2 aromatic rings. The first-order chi connectivity index (χ1) is 12.3. The zero-order valence-electron chi connectivity index (χ0n) is 14.6. The zero-order valence-corrected chi connectivity index (χ0v) is 14.6. The Morgan fingerprint density at radius 2 is 1.56 bits per heavy atom. The first kappa shape index (κ1) is 17.0. The summed E-state index contributed by atoms with van der Waals surface area (Å²) in [6, 6.07) is 20.1. The summed E-state index contributed by atoms with van der Waals surface area (Å²) in [7, 11) is 0. The Labute approximate surface area is 148 Å². The molecule has 0 N–H and O–H groups in total. The van der Waals surface area contributed by atoms with Crippen LogP contribution in [-0.4, -0.2) is 19.2 Å². The van der Waals surface area contributed by atoms with Crippen LogP contribution in [0.25, 0.3) is 5.57 Å². The molecule has 0 heterocycles. The lowest BCUT2D eigenvalue weighted by Crippen LogP contribution is -2.15. The summed E-state index contributed by atoms with van der Waals surface area (Å²) in [5.41, 5.74) is 3.76. The van der Waals surface area contributed by atoms with Gasteiger partial charge in [-0.2, -0.15) is 0 Å². The fourth-order valence-electron chi connectivity index (χ4n) is 3.17. The summed E-state index contributed by atoms with van der Waals surface area (Å²) in [6.45, 7) is 4.57. The summed E-state index contributed by atoms with van der Waals surface area (Å²) in [6.07, 6.45) is 1.97. The van der Waals surface area contributed by atoms with Crippen LogP contribution in [0.15, 0.2) is 78.1 Å². The molecule has 3 heteroatoms. The molecule has 1 atom stereocenters. The molecular weight excluding hydrogens is 312 g/mol. The van der Waals surface area contributed by atoms with Crippen LogP contribution in [0, 0.1) is 0 Å². The zero-order chi connectivity index (χ0) is 17.6. The molecule has 0 amide bonds. The number of esters is 1. The Kier molecular flexibility index (Phi) is 5.34. The van der Waals surface area contributed by atoms with Gasteiger partial charge in [0.05, 0.1) is 18.8 Å². The minimum absolute atomic E-state index is 0.191. The van der Waals surface area contributed by atoms with E-state index in [4.69, 9.17) is 9.47 Å². The SMILES string of the molecule is CCOC(=O)C1=C(OCC)C=C(c2ccccc2)C1c1ccccc1. The molecule has 3 rings (SSSR count). The van der Waals surface area contributed by atoms with E-state index in [1.54, 1.807) is 0 Å². The molecule has 1 aliphatic carbocycles. The van der Waals surface area contributed by atoms with Gasteiger partial charge in [0.15, 0.2) is 0 Å². The average molecular weight is 334 g/mol. The Bertz CT molecular complexity index is 789. The molecule has 0 fully saturated rings. The normalized spacial score (nSPS) is 16.6. The molecule has 3 nitrogen and oxygen atoms in total. The first-order valence-corrected chi connectivity index (χ1v) is 8.62. The van der Waals surface area contributed by atoms with Gasteiger partial charge in [0, 0.05) is 5.92 Å². The topological polar surface area (TPSA) is 35.5 Å². The van der Waals surface area contributed by atoms with Gasteiger partial charge >= 0.3 is 5.97 Å². The molecule has 25 heavy (non-hydrogen) atoms. The summed E-state index contributed by atoms with van der Waals surface area (Å²) >= 11 is 0. The third-order valence-corrected chi connectivity index (χ3v) is 4.19. The van der Waals surface area contributed by atoms with E-state index in [1.807, 2.05) is 68.5 Å². The smallest absolute Gasteiger partial charge is 0.338 e. The maximum atomic E-state index is 12.7. The highest BCUT2D eigenvalue weighted by Crippen LogP contribution is 2.45. The Morgan fingerprint density at radius 3 is 2.16 bits per heavy atom. The van der Waals surface area contributed by atoms with Gasteiger partial charge in [-0.25, -0.2) is 4.79 Å². The number of ether oxygens (including phenoxy) is 2. The molecule has 0 saturated heterocycles. The van der Waals surface area contributed by atoms with Crippen molar-refractivity contribution in [2.24, 2.45) is 0 Å². The van der Waals surface area contributed by atoms with Gasteiger partial charge in [-0.3, -0.25) is 0 Å². The Balaban J connectivity index is 2.13. The molecule has 2 aromatic carbocycles. The molecule has 0 saturated carbocycles. The quantitative estimate of drug-likeness (QED) is 0.717. The minimum atomic E-state index is -0.318. The van der Waals surface area contributed by atoms with Gasteiger partial charge in [-0.1, -0.05) is 60.7 Å².